The predicted octanol–water partition coefficient (Wildman–Crippen LogP) is 2.76. The van der Waals surface area contributed by atoms with Crippen LogP contribution in [-0.4, -0.2) is 6.54 Å². The zero-order valence-electron chi connectivity index (χ0n) is 7.85. The summed E-state index contributed by atoms with van der Waals surface area (Å²) < 4.78 is 13.5. The van der Waals surface area contributed by atoms with Crippen LogP contribution >= 0.6 is 11.6 Å². The van der Waals surface area contributed by atoms with Crippen molar-refractivity contribution in [1.82, 2.24) is 5.32 Å². The Bertz CT molecular complexity index is 357. The minimum absolute atomic E-state index is 0.134. The molecule has 3 heteroatoms. The molecule has 1 N–H and O–H groups in total. The molecule has 0 heterocycles. The van der Waals surface area contributed by atoms with Crippen molar-refractivity contribution in [2.24, 2.45) is 0 Å². The smallest absolute Gasteiger partial charge is 0.146 e. The second-order valence-electron chi connectivity index (χ2n) is 2.95. The van der Waals surface area contributed by atoms with E-state index in [0.717, 1.165) is 0 Å². The standard InChI is InChI=1S/C11H11ClFN/c1-3-7-14-8(2)9-5-4-6-10(12)11(9)13/h1,4-6,8,14H,7H2,2H3/t8-/m1/s1. The van der Waals surface area contributed by atoms with Crippen LogP contribution in [0.25, 0.3) is 0 Å². The fourth-order valence-corrected chi connectivity index (χ4v) is 1.36. The molecule has 0 saturated carbocycles. The molecule has 0 bridgehead atoms. The SMILES string of the molecule is C#CCN[C@H](C)c1cccc(Cl)c1F. The van der Waals surface area contributed by atoms with E-state index in [2.05, 4.69) is 11.2 Å². The summed E-state index contributed by atoms with van der Waals surface area (Å²) in [7, 11) is 0. The largest absolute Gasteiger partial charge is 0.299 e. The molecule has 0 aliphatic carbocycles. The summed E-state index contributed by atoms with van der Waals surface area (Å²) in [5.41, 5.74) is 0.535. The maximum Gasteiger partial charge on any atom is 0.146 e. The minimum atomic E-state index is -0.383. The van der Waals surface area contributed by atoms with Gasteiger partial charge in [0.2, 0.25) is 0 Å². The average molecular weight is 212 g/mol. The lowest BCUT2D eigenvalue weighted by Gasteiger charge is -2.13. The van der Waals surface area contributed by atoms with E-state index in [-0.39, 0.29) is 16.9 Å². The van der Waals surface area contributed by atoms with Gasteiger partial charge in [-0.05, 0) is 13.0 Å². The second kappa shape index (κ2) is 4.99. The van der Waals surface area contributed by atoms with Crippen molar-refractivity contribution in [3.05, 3.63) is 34.6 Å². The third-order valence-electron chi connectivity index (χ3n) is 1.96. The molecule has 0 aromatic heterocycles. The molecule has 0 fully saturated rings. The lowest BCUT2D eigenvalue weighted by molar-refractivity contribution is 0.552. The van der Waals surface area contributed by atoms with Crippen LogP contribution < -0.4 is 5.32 Å². The van der Waals surface area contributed by atoms with Gasteiger partial charge in [0.05, 0.1) is 11.6 Å². The summed E-state index contributed by atoms with van der Waals surface area (Å²) in [4.78, 5) is 0. The monoisotopic (exact) mass is 211 g/mol. The highest BCUT2D eigenvalue weighted by molar-refractivity contribution is 6.30. The summed E-state index contributed by atoms with van der Waals surface area (Å²) in [6, 6.07) is 4.79. The molecular weight excluding hydrogens is 201 g/mol. The zero-order chi connectivity index (χ0) is 10.6. The highest BCUT2D eigenvalue weighted by atomic mass is 35.5. The minimum Gasteiger partial charge on any atom is -0.299 e. The summed E-state index contributed by atoms with van der Waals surface area (Å²) in [6.07, 6.45) is 5.09. The van der Waals surface area contributed by atoms with Gasteiger partial charge in [0.15, 0.2) is 0 Å². The van der Waals surface area contributed by atoms with Gasteiger partial charge in [-0.15, -0.1) is 6.42 Å². The Morgan fingerprint density at radius 1 is 1.64 bits per heavy atom. The van der Waals surface area contributed by atoms with Crippen LogP contribution in [0.3, 0.4) is 0 Å². The van der Waals surface area contributed by atoms with Gasteiger partial charge in [-0.25, -0.2) is 4.39 Å². The quantitative estimate of drug-likeness (QED) is 0.759. The maximum atomic E-state index is 13.5. The second-order valence-corrected chi connectivity index (χ2v) is 3.36. The van der Waals surface area contributed by atoms with E-state index in [1.54, 1.807) is 12.1 Å². The summed E-state index contributed by atoms with van der Waals surface area (Å²) >= 11 is 5.65. The number of halogens is 2. The number of benzene rings is 1. The summed E-state index contributed by atoms with van der Waals surface area (Å²) in [6.45, 7) is 2.25. The number of nitrogens with one attached hydrogen (secondary N) is 1. The molecule has 1 rings (SSSR count). The molecule has 0 spiro atoms. The van der Waals surface area contributed by atoms with Gasteiger partial charge in [0, 0.05) is 11.6 Å². The molecule has 0 aliphatic heterocycles. The molecule has 1 atom stereocenters. The van der Waals surface area contributed by atoms with Crippen molar-refractivity contribution in [2.45, 2.75) is 13.0 Å². The molecule has 0 unspecified atom stereocenters. The van der Waals surface area contributed by atoms with Gasteiger partial charge in [-0.2, -0.15) is 0 Å². The molecule has 0 aliphatic rings. The van der Waals surface area contributed by atoms with E-state index in [0.29, 0.717) is 12.1 Å². The van der Waals surface area contributed by atoms with Gasteiger partial charge in [0.25, 0.3) is 0 Å². The molecular formula is C11H11ClFN. The van der Waals surface area contributed by atoms with Gasteiger partial charge in [0.1, 0.15) is 5.82 Å². The highest BCUT2D eigenvalue weighted by Crippen LogP contribution is 2.22. The number of terminal acetylenes is 1. The number of hydrogen-bond donors (Lipinski definition) is 1. The van der Waals surface area contributed by atoms with Crippen LogP contribution in [0.4, 0.5) is 4.39 Å². The van der Waals surface area contributed by atoms with Crippen LogP contribution in [0.2, 0.25) is 5.02 Å². The first kappa shape index (κ1) is 11.0. The predicted molar refractivity (Wildman–Crippen MR) is 56.7 cm³/mol. The topological polar surface area (TPSA) is 12.0 Å². The van der Waals surface area contributed by atoms with Crippen molar-refractivity contribution < 1.29 is 4.39 Å². The lowest BCUT2D eigenvalue weighted by Crippen LogP contribution is -2.19. The summed E-state index contributed by atoms with van der Waals surface area (Å²) in [5, 5.41) is 3.12. The molecule has 0 amide bonds. The van der Waals surface area contributed by atoms with Crippen LogP contribution in [0.1, 0.15) is 18.5 Å². The van der Waals surface area contributed by atoms with Crippen molar-refractivity contribution in [3.8, 4) is 12.3 Å². The maximum absolute atomic E-state index is 13.5. The van der Waals surface area contributed by atoms with Gasteiger partial charge in [-0.3, -0.25) is 5.32 Å². The van der Waals surface area contributed by atoms with Crippen LogP contribution in [0, 0.1) is 18.2 Å². The van der Waals surface area contributed by atoms with E-state index in [9.17, 15) is 4.39 Å². The highest BCUT2D eigenvalue weighted by Gasteiger charge is 2.11. The first-order valence-electron chi connectivity index (χ1n) is 4.27. The van der Waals surface area contributed by atoms with Crippen molar-refractivity contribution in [1.29, 1.82) is 0 Å². The van der Waals surface area contributed by atoms with Crippen LogP contribution in [0.15, 0.2) is 18.2 Å². The fraction of sp³-hybridized carbons (Fsp3) is 0.273. The first-order chi connectivity index (χ1) is 6.66. The van der Waals surface area contributed by atoms with Crippen LogP contribution in [-0.2, 0) is 0 Å². The van der Waals surface area contributed by atoms with Crippen molar-refractivity contribution >= 4 is 11.6 Å². The van der Waals surface area contributed by atoms with E-state index < -0.39 is 0 Å². The molecule has 1 aromatic carbocycles. The normalized spacial score (nSPS) is 12.1. The van der Waals surface area contributed by atoms with E-state index in [1.165, 1.54) is 6.07 Å². The van der Waals surface area contributed by atoms with Crippen molar-refractivity contribution in [2.75, 3.05) is 6.54 Å². The Labute approximate surface area is 88.3 Å². The van der Waals surface area contributed by atoms with E-state index in [4.69, 9.17) is 18.0 Å². The van der Waals surface area contributed by atoms with Gasteiger partial charge >= 0.3 is 0 Å². The molecule has 0 radical (unpaired) electrons. The molecule has 14 heavy (non-hydrogen) atoms. The third kappa shape index (κ3) is 2.47. The van der Waals surface area contributed by atoms with Crippen LogP contribution in [0.5, 0.6) is 0 Å². The molecule has 74 valence electrons. The fourth-order valence-electron chi connectivity index (χ4n) is 1.18. The zero-order valence-corrected chi connectivity index (χ0v) is 8.61. The lowest BCUT2D eigenvalue weighted by atomic mass is 10.1. The molecule has 0 saturated heterocycles. The third-order valence-corrected chi connectivity index (χ3v) is 2.25. The Morgan fingerprint density at radius 3 is 3.00 bits per heavy atom. The molecule has 1 aromatic rings. The van der Waals surface area contributed by atoms with Crippen molar-refractivity contribution in [3.63, 3.8) is 0 Å². The number of hydrogen-bond acceptors (Lipinski definition) is 1. The van der Waals surface area contributed by atoms with Gasteiger partial charge < -0.3 is 0 Å². The number of rotatable bonds is 3. The van der Waals surface area contributed by atoms with E-state index >= 15 is 0 Å². The Kier molecular flexibility index (Phi) is 3.94. The first-order valence-corrected chi connectivity index (χ1v) is 4.65. The summed E-state index contributed by atoms with van der Waals surface area (Å²) in [5.74, 6) is 2.05. The average Bonchev–Trinajstić information content (AvgIpc) is 2.18. The Morgan fingerprint density at radius 2 is 2.36 bits per heavy atom. The molecule has 1 nitrogen and oxygen atoms in total. The van der Waals surface area contributed by atoms with Gasteiger partial charge in [-0.1, -0.05) is 29.7 Å². The Balaban J connectivity index is 2.85. The van der Waals surface area contributed by atoms with E-state index in [1.807, 2.05) is 6.92 Å². The Hall–Kier alpha value is -1.04.